The Kier molecular flexibility index (Phi) is 6.68. The number of aryl methyl sites for hydroxylation is 1. The molecule has 0 saturated carbocycles. The second-order valence-electron chi connectivity index (χ2n) is 6.99. The van der Waals surface area contributed by atoms with Crippen LogP contribution in [0.1, 0.15) is 30.9 Å². The standard InChI is InChI=1S/C21H26N2O2.ClH/c1-16-8-10-18(11-9-16)25-19-12-14-23(15-13-19)20(24)21(2,22)17-6-4-3-5-7-17;/h3-11,19H,12-15,22H2,1-2H3;1H. The first kappa shape index (κ1) is 20.3. The van der Waals surface area contributed by atoms with Crippen molar-refractivity contribution in [2.75, 3.05) is 13.1 Å². The molecule has 2 aromatic carbocycles. The first-order valence-electron chi connectivity index (χ1n) is 8.84. The Morgan fingerprint density at radius 1 is 1.08 bits per heavy atom. The highest BCUT2D eigenvalue weighted by Crippen LogP contribution is 2.24. The zero-order valence-corrected chi connectivity index (χ0v) is 16.2. The van der Waals surface area contributed by atoms with Gasteiger partial charge in [0.05, 0.1) is 0 Å². The molecule has 0 aliphatic carbocycles. The monoisotopic (exact) mass is 374 g/mol. The van der Waals surface area contributed by atoms with Gasteiger partial charge in [-0.2, -0.15) is 0 Å². The van der Waals surface area contributed by atoms with Gasteiger partial charge in [-0.1, -0.05) is 48.0 Å². The van der Waals surface area contributed by atoms with Crippen LogP contribution in [0.15, 0.2) is 54.6 Å². The second-order valence-corrected chi connectivity index (χ2v) is 6.99. The molecule has 0 bridgehead atoms. The fourth-order valence-corrected chi connectivity index (χ4v) is 3.22. The van der Waals surface area contributed by atoms with Gasteiger partial charge in [-0.3, -0.25) is 4.79 Å². The molecule has 0 radical (unpaired) electrons. The van der Waals surface area contributed by atoms with Gasteiger partial charge in [0.1, 0.15) is 17.4 Å². The summed E-state index contributed by atoms with van der Waals surface area (Å²) in [7, 11) is 0. The van der Waals surface area contributed by atoms with Gasteiger partial charge in [0.2, 0.25) is 5.91 Å². The number of halogens is 1. The molecule has 1 saturated heterocycles. The lowest BCUT2D eigenvalue weighted by atomic mass is 9.90. The number of hydrogen-bond donors (Lipinski definition) is 1. The highest BCUT2D eigenvalue weighted by atomic mass is 35.5. The van der Waals surface area contributed by atoms with Crippen molar-refractivity contribution in [3.05, 3.63) is 65.7 Å². The number of piperidine rings is 1. The van der Waals surface area contributed by atoms with Crippen LogP contribution in [0.25, 0.3) is 0 Å². The van der Waals surface area contributed by atoms with E-state index in [1.807, 2.05) is 59.5 Å². The molecule has 1 aliphatic heterocycles. The van der Waals surface area contributed by atoms with Crippen molar-refractivity contribution in [2.45, 2.75) is 38.3 Å². The maximum Gasteiger partial charge on any atom is 0.246 e. The summed E-state index contributed by atoms with van der Waals surface area (Å²) >= 11 is 0. The number of amides is 1. The van der Waals surface area contributed by atoms with Gasteiger partial charge in [-0.25, -0.2) is 0 Å². The third-order valence-electron chi connectivity index (χ3n) is 4.87. The molecule has 3 rings (SSSR count). The maximum atomic E-state index is 12.9. The highest BCUT2D eigenvalue weighted by Gasteiger charge is 2.36. The van der Waals surface area contributed by atoms with Crippen molar-refractivity contribution >= 4 is 18.3 Å². The molecule has 1 amide bonds. The van der Waals surface area contributed by atoms with E-state index in [1.165, 1.54) is 5.56 Å². The van der Waals surface area contributed by atoms with Crippen molar-refractivity contribution < 1.29 is 9.53 Å². The van der Waals surface area contributed by atoms with E-state index in [-0.39, 0.29) is 24.4 Å². The minimum absolute atomic E-state index is 0. The number of nitrogens with zero attached hydrogens (tertiary/aromatic N) is 1. The summed E-state index contributed by atoms with van der Waals surface area (Å²) in [6.45, 7) is 5.20. The fraction of sp³-hybridized carbons (Fsp3) is 0.381. The number of carbonyl (C=O) groups excluding carboxylic acids is 1. The largest absolute Gasteiger partial charge is 0.490 e. The van der Waals surface area contributed by atoms with Gasteiger partial charge in [0.25, 0.3) is 0 Å². The summed E-state index contributed by atoms with van der Waals surface area (Å²) in [5.41, 5.74) is 7.43. The summed E-state index contributed by atoms with van der Waals surface area (Å²) in [5, 5.41) is 0. The molecule has 1 unspecified atom stereocenters. The zero-order chi connectivity index (χ0) is 17.9. The number of benzene rings is 2. The molecular weight excluding hydrogens is 348 g/mol. The van der Waals surface area contributed by atoms with Gasteiger partial charge < -0.3 is 15.4 Å². The van der Waals surface area contributed by atoms with E-state index in [1.54, 1.807) is 6.92 Å². The van der Waals surface area contributed by atoms with E-state index in [2.05, 4.69) is 6.92 Å². The lowest BCUT2D eigenvalue weighted by Gasteiger charge is -2.37. The predicted molar refractivity (Wildman–Crippen MR) is 107 cm³/mol. The number of likely N-dealkylation sites (tertiary alicyclic amines) is 1. The Balaban J connectivity index is 0.00000243. The average Bonchev–Trinajstić information content (AvgIpc) is 2.64. The van der Waals surface area contributed by atoms with Gasteiger partial charge in [-0.15, -0.1) is 12.4 Å². The fourth-order valence-electron chi connectivity index (χ4n) is 3.22. The second kappa shape index (κ2) is 8.56. The molecule has 2 aromatic rings. The highest BCUT2D eigenvalue weighted by molar-refractivity contribution is 5.87. The summed E-state index contributed by atoms with van der Waals surface area (Å²) in [5.74, 6) is 0.871. The summed E-state index contributed by atoms with van der Waals surface area (Å²) < 4.78 is 6.04. The molecule has 2 N–H and O–H groups in total. The lowest BCUT2D eigenvalue weighted by Crippen LogP contribution is -2.53. The smallest absolute Gasteiger partial charge is 0.246 e. The topological polar surface area (TPSA) is 55.6 Å². The third kappa shape index (κ3) is 4.57. The van der Waals surface area contributed by atoms with Crippen molar-refractivity contribution in [2.24, 2.45) is 5.73 Å². The van der Waals surface area contributed by atoms with Crippen LogP contribution in [-0.4, -0.2) is 30.0 Å². The maximum absolute atomic E-state index is 12.9. The molecule has 1 heterocycles. The number of ether oxygens (including phenoxy) is 1. The van der Waals surface area contributed by atoms with E-state index in [9.17, 15) is 4.79 Å². The summed E-state index contributed by atoms with van der Waals surface area (Å²) in [6, 6.07) is 17.7. The van der Waals surface area contributed by atoms with Crippen LogP contribution < -0.4 is 10.5 Å². The average molecular weight is 375 g/mol. The number of nitrogens with two attached hydrogens (primary N) is 1. The molecule has 1 fully saturated rings. The third-order valence-corrected chi connectivity index (χ3v) is 4.87. The van der Waals surface area contributed by atoms with Crippen LogP contribution in [0.4, 0.5) is 0 Å². The molecule has 0 spiro atoms. The van der Waals surface area contributed by atoms with Gasteiger partial charge >= 0.3 is 0 Å². The van der Waals surface area contributed by atoms with Crippen LogP contribution in [0.2, 0.25) is 0 Å². The van der Waals surface area contributed by atoms with Crippen molar-refractivity contribution in [3.63, 3.8) is 0 Å². The van der Waals surface area contributed by atoms with E-state index in [0.29, 0.717) is 13.1 Å². The number of hydrogen-bond acceptors (Lipinski definition) is 3. The molecule has 5 heteroatoms. The molecule has 4 nitrogen and oxygen atoms in total. The van der Waals surface area contributed by atoms with E-state index in [0.717, 1.165) is 24.2 Å². The Bertz CT molecular complexity index is 709. The van der Waals surface area contributed by atoms with Crippen molar-refractivity contribution in [3.8, 4) is 5.75 Å². The minimum atomic E-state index is -0.994. The van der Waals surface area contributed by atoms with Crippen LogP contribution in [0, 0.1) is 6.92 Å². The SMILES string of the molecule is Cc1ccc(OC2CCN(C(=O)C(C)(N)c3ccccc3)CC2)cc1.Cl. The van der Waals surface area contributed by atoms with E-state index >= 15 is 0 Å². The summed E-state index contributed by atoms with van der Waals surface area (Å²) in [4.78, 5) is 14.7. The molecular formula is C21H27ClN2O2. The van der Waals surface area contributed by atoms with Gasteiger partial charge in [0, 0.05) is 25.9 Å². The van der Waals surface area contributed by atoms with Crippen LogP contribution in [0.5, 0.6) is 5.75 Å². The van der Waals surface area contributed by atoms with Crippen LogP contribution >= 0.6 is 12.4 Å². The van der Waals surface area contributed by atoms with Gasteiger partial charge in [0.15, 0.2) is 0 Å². The quantitative estimate of drug-likeness (QED) is 0.888. The Morgan fingerprint density at radius 3 is 2.23 bits per heavy atom. The molecule has 0 aromatic heterocycles. The normalized spacial score (nSPS) is 17.1. The van der Waals surface area contributed by atoms with Crippen LogP contribution in [0.3, 0.4) is 0 Å². The predicted octanol–water partition coefficient (Wildman–Crippen LogP) is 3.66. The summed E-state index contributed by atoms with van der Waals surface area (Å²) in [6.07, 6.45) is 1.79. The minimum Gasteiger partial charge on any atom is -0.490 e. The molecule has 140 valence electrons. The Hall–Kier alpha value is -2.04. The van der Waals surface area contributed by atoms with E-state index < -0.39 is 5.54 Å². The first-order chi connectivity index (χ1) is 12.0. The molecule has 1 aliphatic rings. The molecule has 1 atom stereocenters. The lowest BCUT2D eigenvalue weighted by molar-refractivity contribution is -0.138. The first-order valence-corrected chi connectivity index (χ1v) is 8.84. The van der Waals surface area contributed by atoms with E-state index in [4.69, 9.17) is 10.5 Å². The zero-order valence-electron chi connectivity index (χ0n) is 15.4. The van der Waals surface area contributed by atoms with Crippen molar-refractivity contribution in [1.82, 2.24) is 4.90 Å². The molecule has 26 heavy (non-hydrogen) atoms. The number of rotatable bonds is 4. The van der Waals surface area contributed by atoms with Gasteiger partial charge in [-0.05, 0) is 31.5 Å². The number of carbonyl (C=O) groups is 1. The van der Waals surface area contributed by atoms with Crippen LogP contribution in [-0.2, 0) is 10.3 Å². The Morgan fingerprint density at radius 2 is 1.65 bits per heavy atom. The van der Waals surface area contributed by atoms with Crippen molar-refractivity contribution in [1.29, 1.82) is 0 Å². The Labute approximate surface area is 161 Å².